The number of amides is 2. The van der Waals surface area contributed by atoms with Crippen LogP contribution in [0.25, 0.3) is 0 Å². The van der Waals surface area contributed by atoms with Gasteiger partial charge in [-0.3, -0.25) is 9.59 Å². The molecule has 2 aromatic rings. The molecule has 6 rings (SSSR count). The van der Waals surface area contributed by atoms with Crippen molar-refractivity contribution < 1.29 is 9.59 Å². The second kappa shape index (κ2) is 8.75. The zero-order valence-electron chi connectivity index (χ0n) is 22.0. The number of para-hydroxylation sites is 1. The number of hydrogen-bond donors (Lipinski definition) is 0. The summed E-state index contributed by atoms with van der Waals surface area (Å²) in [7, 11) is 2.04. The predicted molar refractivity (Wildman–Crippen MR) is 144 cm³/mol. The summed E-state index contributed by atoms with van der Waals surface area (Å²) in [6, 6.07) is 20.7. The Kier molecular flexibility index (Phi) is 5.77. The molecule has 190 valence electrons. The number of benzene rings is 2. The summed E-state index contributed by atoms with van der Waals surface area (Å²) < 4.78 is 0. The maximum Gasteiger partial charge on any atom is 0.258 e. The van der Waals surface area contributed by atoms with Gasteiger partial charge >= 0.3 is 0 Å². The van der Waals surface area contributed by atoms with E-state index in [-0.39, 0.29) is 22.8 Å². The van der Waals surface area contributed by atoms with Crippen LogP contribution in [0.1, 0.15) is 75.6 Å². The number of piperidine rings is 1. The van der Waals surface area contributed by atoms with Crippen LogP contribution in [-0.2, 0) is 4.79 Å². The zero-order chi connectivity index (χ0) is 25.1. The van der Waals surface area contributed by atoms with E-state index in [4.69, 9.17) is 0 Å². The molecule has 0 N–H and O–H groups in total. The Hall–Kier alpha value is -2.62. The molecule has 0 spiro atoms. The highest BCUT2D eigenvalue weighted by atomic mass is 16.2. The summed E-state index contributed by atoms with van der Waals surface area (Å²) in [5.41, 5.74) is 2.12. The summed E-state index contributed by atoms with van der Waals surface area (Å²) in [5.74, 6) is 2.46. The van der Waals surface area contributed by atoms with Gasteiger partial charge in [-0.2, -0.15) is 0 Å². The van der Waals surface area contributed by atoms with Crippen LogP contribution in [-0.4, -0.2) is 35.8 Å². The van der Waals surface area contributed by atoms with E-state index in [2.05, 4.69) is 47.9 Å². The van der Waals surface area contributed by atoms with E-state index in [9.17, 15) is 9.59 Å². The summed E-state index contributed by atoms with van der Waals surface area (Å²) in [6.07, 6.45) is 8.72. The van der Waals surface area contributed by atoms with Crippen molar-refractivity contribution in [1.82, 2.24) is 4.90 Å². The molecule has 3 unspecified atom stereocenters. The lowest BCUT2D eigenvalue weighted by Crippen LogP contribution is -2.62. The SMILES string of the molecule is CN1C(=O)CC[C@]2(C)C3CC[C@@]4(C)C(CC[C@@H]4N(C(=O)c4ccccc4)c4ccccc4)C3CC[C@@H]12. The third kappa shape index (κ3) is 3.47. The number of fused-ring (bicyclic) bond motifs is 5. The minimum Gasteiger partial charge on any atom is -0.342 e. The van der Waals surface area contributed by atoms with Crippen molar-refractivity contribution in [1.29, 1.82) is 0 Å². The average molecular weight is 485 g/mol. The summed E-state index contributed by atoms with van der Waals surface area (Å²) in [4.78, 5) is 30.8. The number of carbonyl (C=O) groups excluding carboxylic acids is 2. The quantitative estimate of drug-likeness (QED) is 0.495. The van der Waals surface area contributed by atoms with Crippen LogP contribution in [0.15, 0.2) is 60.7 Å². The average Bonchev–Trinajstić information content (AvgIpc) is 3.25. The molecule has 1 aliphatic heterocycles. The minimum atomic E-state index is 0.112. The highest BCUT2D eigenvalue weighted by molar-refractivity contribution is 6.06. The second-order valence-corrected chi connectivity index (χ2v) is 12.5. The number of hydrogen-bond acceptors (Lipinski definition) is 2. The van der Waals surface area contributed by atoms with E-state index in [1.807, 2.05) is 43.4 Å². The number of likely N-dealkylation sites (tertiary alicyclic amines) is 1. The monoisotopic (exact) mass is 484 g/mol. The molecule has 2 aromatic carbocycles. The third-order valence-corrected chi connectivity index (χ3v) is 11.1. The Morgan fingerprint density at radius 1 is 0.833 bits per heavy atom. The fourth-order valence-electron chi connectivity index (χ4n) is 9.29. The Morgan fingerprint density at radius 2 is 1.50 bits per heavy atom. The molecule has 4 heteroatoms. The van der Waals surface area contributed by atoms with Crippen molar-refractivity contribution >= 4 is 17.5 Å². The van der Waals surface area contributed by atoms with E-state index in [1.54, 1.807) is 0 Å². The second-order valence-electron chi connectivity index (χ2n) is 12.5. The lowest BCUT2D eigenvalue weighted by molar-refractivity contribution is -0.157. The van der Waals surface area contributed by atoms with E-state index >= 15 is 0 Å². The van der Waals surface area contributed by atoms with Crippen molar-refractivity contribution in [2.24, 2.45) is 28.6 Å². The van der Waals surface area contributed by atoms with Gasteiger partial charge in [0, 0.05) is 36.8 Å². The number of nitrogens with zero attached hydrogens (tertiary/aromatic N) is 2. The van der Waals surface area contributed by atoms with Crippen LogP contribution in [0.5, 0.6) is 0 Å². The molecular formula is C32H40N2O2. The van der Waals surface area contributed by atoms with Crippen LogP contribution in [0.4, 0.5) is 5.69 Å². The standard InChI is InChI=1S/C32H40N2O2/c1-31-21-19-29(35)33(3)27(31)16-14-24-25-15-17-28(32(25,2)20-18-26(24)31)34(23-12-8-5-9-13-23)30(36)22-10-6-4-7-11-22/h4-13,24-28H,14-21H2,1-3H3/t24?,25?,26?,27-,28+,31-,32+/m1/s1. The lowest BCUT2D eigenvalue weighted by Gasteiger charge is -2.62. The van der Waals surface area contributed by atoms with Crippen molar-refractivity contribution in [2.45, 2.75) is 77.3 Å². The molecule has 1 saturated heterocycles. The van der Waals surface area contributed by atoms with Crippen LogP contribution in [0.3, 0.4) is 0 Å². The van der Waals surface area contributed by atoms with Gasteiger partial charge in [-0.05, 0) is 97.8 Å². The van der Waals surface area contributed by atoms with Gasteiger partial charge in [-0.25, -0.2) is 0 Å². The van der Waals surface area contributed by atoms with Gasteiger partial charge in [0.05, 0.1) is 0 Å². The number of anilines is 1. The van der Waals surface area contributed by atoms with Crippen LogP contribution < -0.4 is 4.90 Å². The number of carbonyl (C=O) groups is 2. The van der Waals surface area contributed by atoms with Crippen molar-refractivity contribution in [3.63, 3.8) is 0 Å². The Morgan fingerprint density at radius 3 is 2.22 bits per heavy atom. The molecule has 0 radical (unpaired) electrons. The van der Waals surface area contributed by atoms with Gasteiger partial charge < -0.3 is 9.80 Å². The highest BCUT2D eigenvalue weighted by Gasteiger charge is 2.62. The largest absolute Gasteiger partial charge is 0.342 e. The number of rotatable bonds is 3. The molecule has 4 fully saturated rings. The van der Waals surface area contributed by atoms with Gasteiger partial charge in [0.15, 0.2) is 0 Å². The van der Waals surface area contributed by atoms with Gasteiger partial charge in [0.1, 0.15) is 0 Å². The summed E-state index contributed by atoms with van der Waals surface area (Å²) in [5, 5.41) is 0. The molecule has 4 nitrogen and oxygen atoms in total. The molecule has 4 aliphatic rings. The molecule has 36 heavy (non-hydrogen) atoms. The van der Waals surface area contributed by atoms with Crippen molar-refractivity contribution in [3.8, 4) is 0 Å². The Balaban J connectivity index is 1.33. The molecule has 0 bridgehead atoms. The first-order valence-electron chi connectivity index (χ1n) is 14.0. The maximum absolute atomic E-state index is 14.0. The predicted octanol–water partition coefficient (Wildman–Crippen LogP) is 6.57. The highest BCUT2D eigenvalue weighted by Crippen LogP contribution is 2.65. The summed E-state index contributed by atoms with van der Waals surface area (Å²) in [6.45, 7) is 4.98. The topological polar surface area (TPSA) is 40.6 Å². The zero-order valence-corrected chi connectivity index (χ0v) is 22.0. The Labute approximate surface area is 216 Å². The minimum absolute atomic E-state index is 0.112. The fraction of sp³-hybridized carbons (Fsp3) is 0.562. The molecule has 3 aliphatic carbocycles. The first-order valence-corrected chi connectivity index (χ1v) is 14.0. The van der Waals surface area contributed by atoms with Gasteiger partial charge in [0.2, 0.25) is 5.91 Å². The van der Waals surface area contributed by atoms with E-state index < -0.39 is 0 Å². The smallest absolute Gasteiger partial charge is 0.258 e. The molecule has 7 atom stereocenters. The fourth-order valence-corrected chi connectivity index (χ4v) is 9.29. The molecule has 2 amide bonds. The molecular weight excluding hydrogens is 444 g/mol. The first kappa shape index (κ1) is 23.8. The molecule has 0 aromatic heterocycles. The third-order valence-electron chi connectivity index (χ3n) is 11.1. The molecule has 3 saturated carbocycles. The van der Waals surface area contributed by atoms with Gasteiger partial charge in [-0.1, -0.05) is 50.2 Å². The van der Waals surface area contributed by atoms with E-state index in [1.165, 1.54) is 19.3 Å². The van der Waals surface area contributed by atoms with Gasteiger partial charge in [0.25, 0.3) is 5.91 Å². The van der Waals surface area contributed by atoms with Crippen LogP contribution in [0, 0.1) is 28.6 Å². The van der Waals surface area contributed by atoms with Gasteiger partial charge in [-0.15, -0.1) is 0 Å². The normalized spacial score (nSPS) is 37.6. The Bertz CT molecular complexity index is 1130. The maximum atomic E-state index is 14.0. The van der Waals surface area contributed by atoms with Crippen molar-refractivity contribution in [2.75, 3.05) is 11.9 Å². The van der Waals surface area contributed by atoms with Crippen LogP contribution in [0.2, 0.25) is 0 Å². The van der Waals surface area contributed by atoms with Crippen LogP contribution >= 0.6 is 0 Å². The first-order chi connectivity index (χ1) is 17.3. The van der Waals surface area contributed by atoms with E-state index in [0.717, 1.165) is 36.9 Å². The summed E-state index contributed by atoms with van der Waals surface area (Å²) >= 11 is 0. The van der Waals surface area contributed by atoms with E-state index in [0.29, 0.717) is 36.1 Å². The molecule has 1 heterocycles. The van der Waals surface area contributed by atoms with Crippen molar-refractivity contribution in [3.05, 3.63) is 66.2 Å². The lowest BCUT2D eigenvalue weighted by atomic mass is 9.47.